The quantitative estimate of drug-likeness (QED) is 0.639. The van der Waals surface area contributed by atoms with Crippen molar-refractivity contribution >= 4 is 23.1 Å². The van der Waals surface area contributed by atoms with E-state index in [2.05, 4.69) is 10.3 Å². The predicted octanol–water partition coefficient (Wildman–Crippen LogP) is 3.86. The fraction of sp³-hybridized carbons (Fsp3) is 0.538. The van der Waals surface area contributed by atoms with E-state index in [1.165, 1.54) is 0 Å². The largest absolute Gasteiger partial charge is 0.393 e. The number of nitrogens with one attached hydrogen (secondary N) is 1. The maximum atomic E-state index is 13.8. The molecule has 1 amide bonds. The number of aromatic nitrogens is 1. The van der Waals surface area contributed by atoms with Crippen LogP contribution in [0.25, 0.3) is 0 Å². The van der Waals surface area contributed by atoms with Gasteiger partial charge >= 0.3 is 0 Å². The van der Waals surface area contributed by atoms with Crippen molar-refractivity contribution in [3.05, 3.63) is 47.7 Å². The smallest absolute Gasteiger partial charge is 0.256 e. The third-order valence-electron chi connectivity index (χ3n) is 6.44. The second kappa shape index (κ2) is 10.00. The minimum atomic E-state index is -0.530. The van der Waals surface area contributed by atoms with Gasteiger partial charge < -0.3 is 29.5 Å². The summed E-state index contributed by atoms with van der Waals surface area (Å²) in [6, 6.07) is 9.67. The van der Waals surface area contributed by atoms with E-state index >= 15 is 0 Å². The molecule has 1 saturated heterocycles. The van der Waals surface area contributed by atoms with Crippen LogP contribution in [-0.2, 0) is 25.5 Å². The molecule has 1 aromatic carbocycles. The highest BCUT2D eigenvalue weighted by molar-refractivity contribution is 6.01. The fourth-order valence-electron chi connectivity index (χ4n) is 4.59. The van der Waals surface area contributed by atoms with Crippen LogP contribution in [0.4, 0.5) is 17.2 Å². The summed E-state index contributed by atoms with van der Waals surface area (Å²) in [5, 5.41) is 13.3. The number of rotatable bonds is 7. The van der Waals surface area contributed by atoms with Gasteiger partial charge in [-0.15, -0.1) is 0 Å². The average Bonchev–Trinajstić information content (AvgIpc) is 3.67. The van der Waals surface area contributed by atoms with Crippen LogP contribution in [0.1, 0.15) is 56.8 Å². The van der Waals surface area contributed by atoms with Gasteiger partial charge in [-0.3, -0.25) is 4.79 Å². The van der Waals surface area contributed by atoms with E-state index in [0.29, 0.717) is 19.6 Å². The molecule has 2 N–H and O–H groups in total. The van der Waals surface area contributed by atoms with Crippen molar-refractivity contribution in [1.82, 2.24) is 4.98 Å². The zero-order valence-electron chi connectivity index (χ0n) is 19.8. The number of anilines is 3. The van der Waals surface area contributed by atoms with Crippen LogP contribution in [0.3, 0.4) is 0 Å². The molecule has 0 bridgehead atoms. The number of carbonyl (C=O) groups is 1. The molecular formula is C26H33N3O5. The lowest BCUT2D eigenvalue weighted by Gasteiger charge is -2.33. The summed E-state index contributed by atoms with van der Waals surface area (Å²) >= 11 is 0. The maximum absolute atomic E-state index is 13.8. The molecule has 3 aliphatic rings. The van der Waals surface area contributed by atoms with E-state index in [1.54, 1.807) is 11.1 Å². The van der Waals surface area contributed by atoms with Gasteiger partial charge in [0.2, 0.25) is 0 Å². The van der Waals surface area contributed by atoms with Gasteiger partial charge in [-0.05, 0) is 63.3 Å². The molecule has 182 valence electrons. The number of hydrogen-bond donors (Lipinski definition) is 2. The van der Waals surface area contributed by atoms with Crippen LogP contribution in [0.15, 0.2) is 36.5 Å². The third-order valence-corrected chi connectivity index (χ3v) is 6.44. The first-order valence-corrected chi connectivity index (χ1v) is 12.2. The zero-order chi connectivity index (χ0) is 23.7. The summed E-state index contributed by atoms with van der Waals surface area (Å²) < 4.78 is 17.9. The molecule has 2 aromatic rings. The van der Waals surface area contributed by atoms with E-state index in [1.807, 2.05) is 44.2 Å². The van der Waals surface area contributed by atoms with Gasteiger partial charge in [0.1, 0.15) is 18.0 Å². The first-order valence-electron chi connectivity index (χ1n) is 12.2. The van der Waals surface area contributed by atoms with Crippen LogP contribution in [0.2, 0.25) is 0 Å². The normalized spacial score (nSPS) is 23.0. The van der Waals surface area contributed by atoms with E-state index < -0.39 is 12.2 Å². The van der Waals surface area contributed by atoms with Crippen molar-refractivity contribution in [2.75, 3.05) is 23.4 Å². The van der Waals surface area contributed by atoms with Gasteiger partial charge in [0.25, 0.3) is 5.91 Å². The Labute approximate surface area is 200 Å². The van der Waals surface area contributed by atoms with Gasteiger partial charge in [0, 0.05) is 11.8 Å². The molecule has 5 rings (SSSR count). The van der Waals surface area contributed by atoms with Crippen LogP contribution >= 0.6 is 0 Å². The molecule has 1 aromatic heterocycles. The predicted molar refractivity (Wildman–Crippen MR) is 128 cm³/mol. The Bertz CT molecular complexity index is 1020. The molecule has 1 unspecified atom stereocenters. The molecule has 8 heteroatoms. The topological polar surface area (TPSA) is 93.2 Å². The van der Waals surface area contributed by atoms with Crippen molar-refractivity contribution in [1.29, 1.82) is 0 Å². The highest BCUT2D eigenvalue weighted by atomic mass is 16.5. The summed E-state index contributed by atoms with van der Waals surface area (Å²) in [6.45, 7) is 4.70. The number of pyridine rings is 1. The SMILES string of the molecule is CC(C)O[C@H]1CC[C@H](C(=O)N2Cc3cccnc3Nc3ccc(C(CO)OC4CC4)cc32)OC1. The lowest BCUT2D eigenvalue weighted by Crippen LogP contribution is -2.44. The number of amides is 1. The Hall–Kier alpha value is -2.52. The molecular weight excluding hydrogens is 434 g/mol. The summed E-state index contributed by atoms with van der Waals surface area (Å²) in [4.78, 5) is 20.0. The van der Waals surface area contributed by atoms with Gasteiger partial charge in [-0.25, -0.2) is 4.98 Å². The second-order valence-electron chi connectivity index (χ2n) is 9.55. The number of ether oxygens (including phenoxy) is 3. The molecule has 0 spiro atoms. The number of carbonyl (C=O) groups excluding carboxylic acids is 1. The Morgan fingerprint density at radius 3 is 2.74 bits per heavy atom. The van der Waals surface area contributed by atoms with Crippen molar-refractivity contribution in [3.8, 4) is 0 Å². The Kier molecular flexibility index (Phi) is 6.83. The van der Waals surface area contributed by atoms with E-state index in [4.69, 9.17) is 14.2 Å². The van der Waals surface area contributed by atoms with Gasteiger partial charge in [-0.1, -0.05) is 12.1 Å². The Balaban J connectivity index is 1.43. The number of aliphatic hydroxyl groups excluding tert-OH is 1. The molecule has 0 radical (unpaired) electrons. The van der Waals surface area contributed by atoms with Crippen molar-refractivity contribution in [2.24, 2.45) is 0 Å². The van der Waals surface area contributed by atoms with Crippen molar-refractivity contribution in [3.63, 3.8) is 0 Å². The van der Waals surface area contributed by atoms with E-state index in [-0.39, 0.29) is 30.8 Å². The average molecular weight is 468 g/mol. The second-order valence-corrected chi connectivity index (χ2v) is 9.55. The summed E-state index contributed by atoms with van der Waals surface area (Å²) in [5.41, 5.74) is 3.30. The number of nitrogens with zero attached hydrogens (tertiary/aromatic N) is 2. The number of aliphatic hydroxyl groups is 1. The zero-order valence-corrected chi connectivity index (χ0v) is 19.8. The van der Waals surface area contributed by atoms with E-state index in [0.717, 1.165) is 47.6 Å². The van der Waals surface area contributed by atoms with Crippen LogP contribution in [-0.4, -0.2) is 53.6 Å². The van der Waals surface area contributed by atoms with Crippen LogP contribution in [0.5, 0.6) is 0 Å². The molecule has 1 saturated carbocycles. The third kappa shape index (κ3) is 5.10. The van der Waals surface area contributed by atoms with Gasteiger partial charge in [0.15, 0.2) is 0 Å². The molecule has 2 aliphatic heterocycles. The minimum absolute atomic E-state index is 0.0172. The maximum Gasteiger partial charge on any atom is 0.256 e. The number of hydrogen-bond acceptors (Lipinski definition) is 7. The molecule has 34 heavy (non-hydrogen) atoms. The van der Waals surface area contributed by atoms with Crippen LogP contribution in [0, 0.1) is 0 Å². The molecule has 3 heterocycles. The van der Waals surface area contributed by atoms with Crippen LogP contribution < -0.4 is 10.2 Å². The monoisotopic (exact) mass is 467 g/mol. The summed E-state index contributed by atoms with van der Waals surface area (Å²) in [7, 11) is 0. The number of fused-ring (bicyclic) bond motifs is 2. The molecule has 8 nitrogen and oxygen atoms in total. The molecule has 2 fully saturated rings. The molecule has 1 aliphatic carbocycles. The lowest BCUT2D eigenvalue weighted by molar-refractivity contribution is -0.143. The highest BCUT2D eigenvalue weighted by Crippen LogP contribution is 2.39. The Morgan fingerprint density at radius 2 is 2.03 bits per heavy atom. The summed E-state index contributed by atoms with van der Waals surface area (Å²) in [6.07, 6.45) is 4.58. The van der Waals surface area contributed by atoms with E-state index in [9.17, 15) is 9.90 Å². The van der Waals surface area contributed by atoms with Gasteiger partial charge in [0.05, 0.1) is 49.4 Å². The number of benzene rings is 1. The fourth-order valence-corrected chi connectivity index (χ4v) is 4.59. The molecule has 3 atom stereocenters. The van der Waals surface area contributed by atoms with Crippen molar-refractivity contribution < 1.29 is 24.1 Å². The Morgan fingerprint density at radius 1 is 1.21 bits per heavy atom. The first kappa shape index (κ1) is 23.2. The standard InChI is InChI=1S/C26H33N3O5/c1-16(2)33-20-8-10-23(32-15-20)26(31)29-13-18-4-3-11-27-25(18)28-21-9-5-17(12-22(21)29)24(14-30)34-19-6-7-19/h3-5,9,11-12,16,19-20,23-24,30H,6-8,10,13-15H2,1-2H3,(H,27,28)/t20-,23+,24?/m0/s1. The van der Waals surface area contributed by atoms with Crippen molar-refractivity contribution in [2.45, 2.75) is 76.6 Å². The van der Waals surface area contributed by atoms with Gasteiger partial charge in [-0.2, -0.15) is 0 Å². The lowest BCUT2D eigenvalue weighted by atomic mass is 10.0. The minimum Gasteiger partial charge on any atom is -0.393 e. The summed E-state index contributed by atoms with van der Waals surface area (Å²) in [5.74, 6) is 0.651. The highest BCUT2D eigenvalue weighted by Gasteiger charge is 2.35. The first-order chi connectivity index (χ1) is 16.5.